The van der Waals surface area contributed by atoms with E-state index in [1.165, 1.54) is 11.1 Å². The molecule has 0 atom stereocenters. The van der Waals surface area contributed by atoms with Crippen molar-refractivity contribution in [2.45, 2.75) is 40.5 Å². The summed E-state index contributed by atoms with van der Waals surface area (Å²) >= 11 is 0. The quantitative estimate of drug-likeness (QED) is 0.849. The van der Waals surface area contributed by atoms with Gasteiger partial charge in [0, 0.05) is 31.4 Å². The van der Waals surface area contributed by atoms with E-state index in [1.54, 1.807) is 0 Å². The van der Waals surface area contributed by atoms with Gasteiger partial charge >= 0.3 is 0 Å². The van der Waals surface area contributed by atoms with E-state index in [9.17, 15) is 4.79 Å². The second kappa shape index (κ2) is 6.77. The van der Waals surface area contributed by atoms with Crippen molar-refractivity contribution in [3.63, 3.8) is 0 Å². The van der Waals surface area contributed by atoms with Crippen LogP contribution in [-0.4, -0.2) is 22.2 Å². The minimum absolute atomic E-state index is 0.163. The van der Waals surface area contributed by atoms with Crippen molar-refractivity contribution in [3.05, 3.63) is 46.8 Å². The van der Waals surface area contributed by atoms with E-state index in [0.717, 1.165) is 23.5 Å². The third-order valence-corrected chi connectivity index (χ3v) is 4.18. The average Bonchev–Trinajstić information content (AvgIpc) is 2.71. The van der Waals surface area contributed by atoms with Gasteiger partial charge in [-0.2, -0.15) is 5.10 Å². The minimum Gasteiger partial charge on any atom is -0.313 e. The van der Waals surface area contributed by atoms with Crippen molar-refractivity contribution in [3.8, 4) is 0 Å². The number of carbonyl (C=O) groups excluding carboxylic acids is 1. The van der Waals surface area contributed by atoms with Crippen LogP contribution < -0.4 is 4.90 Å². The molecule has 0 N–H and O–H groups in total. The lowest BCUT2D eigenvalue weighted by Gasteiger charge is -2.21. The molecule has 0 unspecified atom stereocenters. The summed E-state index contributed by atoms with van der Waals surface area (Å²) in [5.41, 5.74) is 5.50. The fraction of sp³-hybridized carbons (Fsp3) is 0.444. The summed E-state index contributed by atoms with van der Waals surface area (Å²) in [6, 6.07) is 8.09. The van der Waals surface area contributed by atoms with Crippen LogP contribution in [0, 0.1) is 20.8 Å². The topological polar surface area (TPSA) is 38.1 Å². The maximum atomic E-state index is 12.6. The van der Waals surface area contributed by atoms with Gasteiger partial charge in [-0.25, -0.2) is 0 Å². The van der Waals surface area contributed by atoms with Crippen molar-refractivity contribution < 1.29 is 4.79 Å². The molecule has 118 valence electrons. The number of benzene rings is 1. The standard InChI is InChI=1S/C18H25N3O/c1-6-21(16-9-7-8-13(2)12-16)18(22)11-10-17-14(3)19-20(5)15(17)4/h7-9,12H,6,10-11H2,1-5H3. The molecule has 0 saturated carbocycles. The van der Waals surface area contributed by atoms with Crippen LogP contribution in [0.25, 0.3) is 0 Å². The Morgan fingerprint density at radius 2 is 2.00 bits per heavy atom. The largest absolute Gasteiger partial charge is 0.313 e. The Bertz CT molecular complexity index is 673. The van der Waals surface area contributed by atoms with Gasteiger partial charge in [-0.05, 0) is 57.4 Å². The number of hydrogen-bond donors (Lipinski definition) is 0. The number of aryl methyl sites for hydroxylation is 3. The van der Waals surface area contributed by atoms with E-state index in [2.05, 4.69) is 18.1 Å². The average molecular weight is 299 g/mol. The van der Waals surface area contributed by atoms with E-state index in [4.69, 9.17) is 0 Å². The Morgan fingerprint density at radius 3 is 2.55 bits per heavy atom. The molecule has 0 bridgehead atoms. The van der Waals surface area contributed by atoms with E-state index in [1.807, 2.05) is 55.6 Å². The summed E-state index contributed by atoms with van der Waals surface area (Å²) in [5.74, 6) is 0.163. The lowest BCUT2D eigenvalue weighted by molar-refractivity contribution is -0.118. The van der Waals surface area contributed by atoms with E-state index < -0.39 is 0 Å². The van der Waals surface area contributed by atoms with Gasteiger partial charge < -0.3 is 4.90 Å². The molecule has 2 aromatic rings. The molecule has 0 saturated heterocycles. The number of nitrogens with zero attached hydrogens (tertiary/aromatic N) is 3. The Hall–Kier alpha value is -2.10. The third-order valence-electron chi connectivity index (χ3n) is 4.18. The second-order valence-electron chi connectivity index (χ2n) is 5.75. The number of rotatable bonds is 5. The summed E-state index contributed by atoms with van der Waals surface area (Å²) in [6.45, 7) is 8.81. The molecule has 0 spiro atoms. The van der Waals surface area contributed by atoms with Crippen molar-refractivity contribution in [1.29, 1.82) is 0 Å². The van der Waals surface area contributed by atoms with Crippen LogP contribution >= 0.6 is 0 Å². The van der Waals surface area contributed by atoms with E-state index in [-0.39, 0.29) is 5.91 Å². The molecule has 1 aromatic carbocycles. The fourth-order valence-electron chi connectivity index (χ4n) is 2.84. The SMILES string of the molecule is CCN(C(=O)CCc1c(C)nn(C)c1C)c1cccc(C)c1. The molecule has 0 aliphatic heterocycles. The van der Waals surface area contributed by atoms with Gasteiger partial charge in [-0.15, -0.1) is 0 Å². The molecular formula is C18H25N3O. The van der Waals surface area contributed by atoms with Crippen LogP contribution in [0.2, 0.25) is 0 Å². The lowest BCUT2D eigenvalue weighted by atomic mass is 10.1. The van der Waals surface area contributed by atoms with Crippen LogP contribution in [-0.2, 0) is 18.3 Å². The lowest BCUT2D eigenvalue weighted by Crippen LogP contribution is -2.30. The molecular weight excluding hydrogens is 274 g/mol. The first-order chi connectivity index (χ1) is 10.4. The van der Waals surface area contributed by atoms with Gasteiger partial charge in [0.2, 0.25) is 5.91 Å². The zero-order valence-corrected chi connectivity index (χ0v) is 14.2. The number of aromatic nitrogens is 2. The number of amides is 1. The highest BCUT2D eigenvalue weighted by molar-refractivity contribution is 5.93. The molecule has 0 fully saturated rings. The first-order valence-corrected chi connectivity index (χ1v) is 7.80. The fourth-order valence-corrected chi connectivity index (χ4v) is 2.84. The summed E-state index contributed by atoms with van der Waals surface area (Å²) in [6.07, 6.45) is 1.25. The zero-order chi connectivity index (χ0) is 16.3. The van der Waals surface area contributed by atoms with E-state index >= 15 is 0 Å². The smallest absolute Gasteiger partial charge is 0.227 e. The number of hydrogen-bond acceptors (Lipinski definition) is 2. The maximum absolute atomic E-state index is 12.6. The maximum Gasteiger partial charge on any atom is 0.227 e. The monoisotopic (exact) mass is 299 g/mol. The van der Waals surface area contributed by atoms with Crippen LogP contribution in [0.15, 0.2) is 24.3 Å². The van der Waals surface area contributed by atoms with Gasteiger partial charge in [-0.3, -0.25) is 9.48 Å². The second-order valence-corrected chi connectivity index (χ2v) is 5.75. The highest BCUT2D eigenvalue weighted by Crippen LogP contribution is 2.19. The highest BCUT2D eigenvalue weighted by atomic mass is 16.2. The Balaban J connectivity index is 2.10. The molecule has 4 nitrogen and oxygen atoms in total. The van der Waals surface area contributed by atoms with Crippen molar-refractivity contribution in [2.75, 3.05) is 11.4 Å². The molecule has 0 radical (unpaired) electrons. The van der Waals surface area contributed by atoms with Crippen LogP contribution in [0.3, 0.4) is 0 Å². The molecule has 22 heavy (non-hydrogen) atoms. The normalized spacial score (nSPS) is 10.8. The molecule has 0 aliphatic rings. The number of carbonyl (C=O) groups is 1. The van der Waals surface area contributed by atoms with Gasteiger partial charge in [0.15, 0.2) is 0 Å². The third kappa shape index (κ3) is 3.38. The van der Waals surface area contributed by atoms with Crippen molar-refractivity contribution in [2.24, 2.45) is 7.05 Å². The number of anilines is 1. The molecule has 1 aromatic heterocycles. The van der Waals surface area contributed by atoms with Gasteiger partial charge in [0.05, 0.1) is 5.69 Å². The van der Waals surface area contributed by atoms with Crippen LogP contribution in [0.5, 0.6) is 0 Å². The summed E-state index contributed by atoms with van der Waals surface area (Å²) in [7, 11) is 1.94. The molecule has 0 aliphatic carbocycles. The summed E-state index contributed by atoms with van der Waals surface area (Å²) < 4.78 is 1.88. The Morgan fingerprint density at radius 1 is 1.27 bits per heavy atom. The predicted molar refractivity (Wildman–Crippen MR) is 90.2 cm³/mol. The van der Waals surface area contributed by atoms with Crippen molar-refractivity contribution >= 4 is 11.6 Å². The Labute approximate surface area is 132 Å². The van der Waals surface area contributed by atoms with Crippen molar-refractivity contribution in [1.82, 2.24) is 9.78 Å². The minimum atomic E-state index is 0.163. The first-order valence-electron chi connectivity index (χ1n) is 7.80. The van der Waals surface area contributed by atoms with Gasteiger partial charge in [0.25, 0.3) is 0 Å². The van der Waals surface area contributed by atoms with Gasteiger partial charge in [0.1, 0.15) is 0 Å². The molecule has 4 heteroatoms. The molecule has 1 heterocycles. The van der Waals surface area contributed by atoms with Crippen LogP contribution in [0.1, 0.15) is 35.9 Å². The summed E-state index contributed by atoms with van der Waals surface area (Å²) in [4.78, 5) is 14.4. The Kier molecular flexibility index (Phi) is 5.01. The van der Waals surface area contributed by atoms with E-state index in [0.29, 0.717) is 13.0 Å². The molecule has 2 rings (SSSR count). The zero-order valence-electron chi connectivity index (χ0n) is 14.2. The first kappa shape index (κ1) is 16.3. The molecule has 1 amide bonds. The highest BCUT2D eigenvalue weighted by Gasteiger charge is 2.16. The van der Waals surface area contributed by atoms with Gasteiger partial charge in [-0.1, -0.05) is 12.1 Å². The summed E-state index contributed by atoms with van der Waals surface area (Å²) in [5, 5.41) is 4.42. The van der Waals surface area contributed by atoms with Crippen LogP contribution in [0.4, 0.5) is 5.69 Å². The predicted octanol–water partition coefficient (Wildman–Crippen LogP) is 3.33.